The normalized spacial score (nSPS) is 11.5. The van der Waals surface area contributed by atoms with Gasteiger partial charge in [0, 0.05) is 5.57 Å². The molecule has 0 fully saturated rings. The van der Waals surface area contributed by atoms with Crippen molar-refractivity contribution in [3.05, 3.63) is 42.0 Å². The van der Waals surface area contributed by atoms with Crippen molar-refractivity contribution in [2.45, 2.75) is 26.8 Å². The minimum atomic E-state index is -1.44. The monoisotopic (exact) mass is 390 g/mol. The fourth-order valence-electron chi connectivity index (χ4n) is 1.78. The van der Waals surface area contributed by atoms with Crippen LogP contribution in [0.2, 0.25) is 0 Å². The van der Waals surface area contributed by atoms with Gasteiger partial charge >= 0.3 is 17.9 Å². The van der Waals surface area contributed by atoms with Crippen molar-refractivity contribution in [3.63, 3.8) is 0 Å². The van der Waals surface area contributed by atoms with Gasteiger partial charge in [0.05, 0.1) is 17.9 Å². The SMILES string of the molecule is C=C(C)C(=O)OCCOC(=O)C(N=Nc1ccc(C(=O)OCC)cc1)C(C)=O. The minimum Gasteiger partial charge on any atom is -0.462 e. The number of carbonyl (C=O) groups is 4. The van der Waals surface area contributed by atoms with Crippen LogP contribution in [0.1, 0.15) is 31.1 Å². The van der Waals surface area contributed by atoms with Gasteiger partial charge in [-0.05, 0) is 45.0 Å². The Hall–Kier alpha value is -3.36. The first-order valence-corrected chi connectivity index (χ1v) is 8.44. The molecule has 0 spiro atoms. The zero-order chi connectivity index (χ0) is 21.1. The van der Waals surface area contributed by atoms with Crippen LogP contribution in [0.5, 0.6) is 0 Å². The number of carbonyl (C=O) groups excluding carboxylic acids is 4. The molecule has 1 unspecified atom stereocenters. The van der Waals surface area contributed by atoms with E-state index in [1.807, 2.05) is 0 Å². The molecule has 1 atom stereocenters. The Kier molecular flexibility index (Phi) is 9.21. The number of azo groups is 1. The van der Waals surface area contributed by atoms with Crippen molar-refractivity contribution in [2.24, 2.45) is 10.2 Å². The summed E-state index contributed by atoms with van der Waals surface area (Å²) in [5, 5.41) is 7.54. The second-order valence-electron chi connectivity index (χ2n) is 5.58. The van der Waals surface area contributed by atoms with Gasteiger partial charge in [0.25, 0.3) is 0 Å². The van der Waals surface area contributed by atoms with Crippen LogP contribution in [0.4, 0.5) is 5.69 Å². The van der Waals surface area contributed by atoms with Gasteiger partial charge in [-0.3, -0.25) is 4.79 Å². The first kappa shape index (κ1) is 22.7. The Morgan fingerprint density at radius 2 is 1.61 bits per heavy atom. The number of ether oxygens (including phenoxy) is 3. The van der Waals surface area contributed by atoms with E-state index in [4.69, 9.17) is 14.2 Å². The van der Waals surface area contributed by atoms with E-state index >= 15 is 0 Å². The number of hydrogen-bond donors (Lipinski definition) is 0. The number of benzene rings is 1. The highest BCUT2D eigenvalue weighted by Crippen LogP contribution is 2.15. The zero-order valence-electron chi connectivity index (χ0n) is 16.0. The van der Waals surface area contributed by atoms with Crippen molar-refractivity contribution in [1.82, 2.24) is 0 Å². The Morgan fingerprint density at radius 3 is 2.14 bits per heavy atom. The van der Waals surface area contributed by atoms with Crippen molar-refractivity contribution in [2.75, 3.05) is 19.8 Å². The first-order valence-electron chi connectivity index (χ1n) is 8.44. The third-order valence-corrected chi connectivity index (χ3v) is 3.18. The van der Waals surface area contributed by atoms with Gasteiger partial charge in [-0.15, -0.1) is 0 Å². The van der Waals surface area contributed by atoms with Crippen LogP contribution in [-0.2, 0) is 28.6 Å². The lowest BCUT2D eigenvalue weighted by atomic mass is 10.2. The van der Waals surface area contributed by atoms with E-state index in [2.05, 4.69) is 16.8 Å². The number of ketones is 1. The molecule has 9 nitrogen and oxygen atoms in total. The molecule has 0 aromatic heterocycles. The third kappa shape index (κ3) is 7.48. The predicted molar refractivity (Wildman–Crippen MR) is 98.1 cm³/mol. The quantitative estimate of drug-likeness (QED) is 0.150. The summed E-state index contributed by atoms with van der Waals surface area (Å²) in [5.74, 6) is -2.55. The Balaban J connectivity index is 2.64. The van der Waals surface area contributed by atoms with Gasteiger partial charge in [-0.25, -0.2) is 14.4 Å². The molecule has 1 aromatic rings. The van der Waals surface area contributed by atoms with Gasteiger partial charge in [-0.1, -0.05) is 6.58 Å². The minimum absolute atomic E-state index is 0.172. The summed E-state index contributed by atoms with van der Waals surface area (Å²) in [5.41, 5.74) is 0.894. The Labute approximate surface area is 162 Å². The molecule has 0 saturated carbocycles. The van der Waals surface area contributed by atoms with Crippen molar-refractivity contribution < 1.29 is 33.4 Å². The average molecular weight is 390 g/mol. The van der Waals surface area contributed by atoms with E-state index < -0.39 is 29.7 Å². The summed E-state index contributed by atoms with van der Waals surface area (Å²) >= 11 is 0. The Morgan fingerprint density at radius 1 is 1.00 bits per heavy atom. The molecule has 150 valence electrons. The molecule has 9 heteroatoms. The maximum Gasteiger partial charge on any atom is 0.340 e. The predicted octanol–water partition coefficient (Wildman–Crippen LogP) is 2.57. The maximum atomic E-state index is 12.0. The van der Waals surface area contributed by atoms with Crippen LogP contribution >= 0.6 is 0 Å². The summed E-state index contributed by atoms with van der Waals surface area (Å²) in [6.45, 7) is 7.64. The number of hydrogen-bond acceptors (Lipinski definition) is 9. The summed E-state index contributed by atoms with van der Waals surface area (Å²) < 4.78 is 14.5. The molecule has 0 amide bonds. The highest BCUT2D eigenvalue weighted by atomic mass is 16.6. The van der Waals surface area contributed by atoms with Gasteiger partial charge in [0.1, 0.15) is 13.2 Å². The molecule has 0 aliphatic carbocycles. The van der Waals surface area contributed by atoms with Crippen molar-refractivity contribution >= 4 is 29.4 Å². The molecule has 0 saturated heterocycles. The maximum absolute atomic E-state index is 12.0. The van der Waals surface area contributed by atoms with E-state index in [0.29, 0.717) is 11.3 Å². The third-order valence-electron chi connectivity index (χ3n) is 3.18. The van der Waals surface area contributed by atoms with Crippen LogP contribution in [0.3, 0.4) is 0 Å². The van der Waals surface area contributed by atoms with E-state index in [-0.39, 0.29) is 25.4 Å². The van der Waals surface area contributed by atoms with E-state index in [1.54, 1.807) is 6.92 Å². The summed E-state index contributed by atoms with van der Waals surface area (Å²) in [7, 11) is 0. The Bertz CT molecular complexity index is 769. The van der Waals surface area contributed by atoms with Crippen LogP contribution in [0, 0.1) is 0 Å². The van der Waals surface area contributed by atoms with E-state index in [0.717, 1.165) is 0 Å². The molecule has 0 aliphatic rings. The smallest absolute Gasteiger partial charge is 0.340 e. The van der Waals surface area contributed by atoms with Crippen LogP contribution in [0.15, 0.2) is 46.6 Å². The molecule has 0 bridgehead atoms. The molecular weight excluding hydrogens is 368 g/mol. The number of Topliss-reactive ketones (excluding diaryl/α,β-unsaturated/α-hetero) is 1. The topological polar surface area (TPSA) is 121 Å². The molecule has 1 aromatic carbocycles. The molecule has 0 aliphatic heterocycles. The van der Waals surface area contributed by atoms with Crippen molar-refractivity contribution in [1.29, 1.82) is 0 Å². The highest BCUT2D eigenvalue weighted by molar-refractivity contribution is 6.02. The van der Waals surface area contributed by atoms with Gasteiger partial charge < -0.3 is 14.2 Å². The van der Waals surface area contributed by atoms with E-state index in [1.165, 1.54) is 38.1 Å². The first-order chi connectivity index (χ1) is 13.3. The molecule has 0 radical (unpaired) electrons. The molecular formula is C19H22N2O7. The molecule has 1 rings (SSSR count). The lowest BCUT2D eigenvalue weighted by Crippen LogP contribution is -2.29. The number of esters is 3. The fourth-order valence-corrected chi connectivity index (χ4v) is 1.78. The van der Waals surface area contributed by atoms with Crippen LogP contribution in [-0.4, -0.2) is 49.6 Å². The van der Waals surface area contributed by atoms with Gasteiger partial charge in [0.15, 0.2) is 5.78 Å². The largest absolute Gasteiger partial charge is 0.462 e. The van der Waals surface area contributed by atoms with Crippen molar-refractivity contribution in [3.8, 4) is 0 Å². The zero-order valence-corrected chi connectivity index (χ0v) is 16.0. The highest BCUT2D eigenvalue weighted by Gasteiger charge is 2.24. The fraction of sp³-hybridized carbons (Fsp3) is 0.368. The van der Waals surface area contributed by atoms with Crippen LogP contribution < -0.4 is 0 Å². The molecule has 0 heterocycles. The second kappa shape index (κ2) is 11.4. The standard InChI is InChI=1S/C19H22N2O7/c1-5-26-18(24)14-6-8-15(9-7-14)20-21-16(13(4)22)19(25)28-11-10-27-17(23)12(2)3/h6-9,16H,2,5,10-11H2,1,3-4H3. The lowest BCUT2D eigenvalue weighted by molar-refractivity contribution is -0.152. The van der Waals surface area contributed by atoms with Gasteiger partial charge in [-0.2, -0.15) is 10.2 Å². The van der Waals surface area contributed by atoms with Gasteiger partial charge in [0.2, 0.25) is 6.04 Å². The average Bonchev–Trinajstić information content (AvgIpc) is 2.65. The molecule has 0 N–H and O–H groups in total. The van der Waals surface area contributed by atoms with Crippen LogP contribution in [0.25, 0.3) is 0 Å². The second-order valence-corrected chi connectivity index (χ2v) is 5.58. The summed E-state index contributed by atoms with van der Waals surface area (Å²) in [4.78, 5) is 46.4. The number of nitrogens with zero attached hydrogens (tertiary/aromatic N) is 2. The number of rotatable bonds is 10. The van der Waals surface area contributed by atoms with E-state index in [9.17, 15) is 19.2 Å². The summed E-state index contributed by atoms with van der Waals surface area (Å²) in [6.07, 6.45) is 0. The summed E-state index contributed by atoms with van der Waals surface area (Å²) in [6, 6.07) is 4.53. The molecule has 28 heavy (non-hydrogen) atoms. The lowest BCUT2D eigenvalue weighted by Gasteiger charge is -2.09.